The third-order valence-corrected chi connectivity index (χ3v) is 3.18. The molecule has 0 radical (unpaired) electrons. The first kappa shape index (κ1) is 15.7. The van der Waals surface area contributed by atoms with Gasteiger partial charge in [-0.15, -0.1) is 0 Å². The Hall–Kier alpha value is -1.33. The van der Waals surface area contributed by atoms with Gasteiger partial charge in [0, 0.05) is 6.54 Å². The van der Waals surface area contributed by atoms with Crippen molar-refractivity contribution < 1.29 is 9.21 Å². The van der Waals surface area contributed by atoms with E-state index < -0.39 is 6.04 Å². The van der Waals surface area contributed by atoms with E-state index in [9.17, 15) is 4.79 Å². The normalized spacial score (nSPS) is 15.3. The van der Waals surface area contributed by atoms with Crippen molar-refractivity contribution in [3.05, 3.63) is 24.2 Å². The zero-order valence-electron chi connectivity index (χ0n) is 12.4. The maximum Gasteiger partial charge on any atom is 0.237 e. The summed E-state index contributed by atoms with van der Waals surface area (Å²) >= 11 is 0. The highest BCUT2D eigenvalue weighted by atomic mass is 16.3. The van der Waals surface area contributed by atoms with Gasteiger partial charge in [-0.3, -0.25) is 9.69 Å². The van der Waals surface area contributed by atoms with Gasteiger partial charge in [-0.2, -0.15) is 0 Å². The molecule has 0 saturated carbocycles. The van der Waals surface area contributed by atoms with Crippen LogP contribution in [0.4, 0.5) is 0 Å². The maximum absolute atomic E-state index is 12.0. The van der Waals surface area contributed by atoms with E-state index in [1.54, 1.807) is 6.26 Å². The first-order valence-electron chi connectivity index (χ1n) is 6.46. The second-order valence-corrected chi connectivity index (χ2v) is 6.08. The van der Waals surface area contributed by atoms with Crippen molar-refractivity contribution in [1.82, 2.24) is 10.2 Å². The fourth-order valence-electron chi connectivity index (χ4n) is 1.72. The molecule has 3 N–H and O–H groups in total. The van der Waals surface area contributed by atoms with Gasteiger partial charge in [0.15, 0.2) is 0 Å². The number of amides is 1. The van der Waals surface area contributed by atoms with E-state index in [-0.39, 0.29) is 17.4 Å². The van der Waals surface area contributed by atoms with Gasteiger partial charge in [0.1, 0.15) is 5.76 Å². The maximum atomic E-state index is 12.0. The molecular weight excluding hydrogens is 242 g/mol. The molecular formula is C14H25N3O2. The molecule has 108 valence electrons. The lowest BCUT2D eigenvalue weighted by molar-refractivity contribution is -0.124. The molecule has 0 aliphatic heterocycles. The Balaban J connectivity index is 2.61. The average molecular weight is 267 g/mol. The molecule has 0 aliphatic carbocycles. The lowest BCUT2D eigenvalue weighted by atomic mass is 9.87. The number of nitrogens with two attached hydrogens (primary N) is 1. The van der Waals surface area contributed by atoms with Gasteiger partial charge in [-0.25, -0.2) is 0 Å². The van der Waals surface area contributed by atoms with Crippen molar-refractivity contribution in [2.75, 3.05) is 20.6 Å². The molecule has 0 aromatic carbocycles. The highest BCUT2D eigenvalue weighted by Gasteiger charge is 2.28. The molecule has 19 heavy (non-hydrogen) atoms. The fourth-order valence-corrected chi connectivity index (χ4v) is 1.72. The van der Waals surface area contributed by atoms with E-state index >= 15 is 0 Å². The third kappa shape index (κ3) is 4.36. The Kier molecular flexibility index (Phi) is 5.14. The Morgan fingerprint density at radius 1 is 1.47 bits per heavy atom. The molecule has 0 fully saturated rings. The largest absolute Gasteiger partial charge is 0.468 e. The molecule has 2 atom stereocenters. The molecule has 0 saturated heterocycles. The van der Waals surface area contributed by atoms with Gasteiger partial charge in [-0.05, 0) is 31.6 Å². The van der Waals surface area contributed by atoms with E-state index in [0.29, 0.717) is 6.54 Å². The van der Waals surface area contributed by atoms with Crippen molar-refractivity contribution >= 4 is 5.91 Å². The Morgan fingerprint density at radius 3 is 2.53 bits per heavy atom. The zero-order valence-corrected chi connectivity index (χ0v) is 12.4. The minimum atomic E-state index is -0.521. The molecule has 0 aliphatic rings. The van der Waals surface area contributed by atoms with E-state index in [0.717, 1.165) is 5.76 Å². The van der Waals surface area contributed by atoms with Crippen LogP contribution in [0.1, 0.15) is 32.6 Å². The van der Waals surface area contributed by atoms with Crippen molar-refractivity contribution in [3.63, 3.8) is 0 Å². The van der Waals surface area contributed by atoms with Gasteiger partial charge in [0.2, 0.25) is 5.91 Å². The monoisotopic (exact) mass is 267 g/mol. The number of nitrogens with zero attached hydrogens (tertiary/aromatic N) is 1. The SMILES string of the molecule is CN(C)C(CNC(=O)C(N)C(C)(C)C)c1ccco1. The van der Waals surface area contributed by atoms with E-state index in [1.165, 1.54) is 0 Å². The van der Waals surface area contributed by atoms with Gasteiger partial charge in [0.25, 0.3) is 0 Å². The number of hydrogen-bond donors (Lipinski definition) is 2. The molecule has 5 heteroatoms. The van der Waals surface area contributed by atoms with Crippen LogP contribution in [0.5, 0.6) is 0 Å². The van der Waals surface area contributed by atoms with Gasteiger partial charge in [-0.1, -0.05) is 20.8 Å². The molecule has 0 bridgehead atoms. The summed E-state index contributed by atoms with van der Waals surface area (Å²) in [6.45, 7) is 6.33. The second kappa shape index (κ2) is 6.21. The standard InChI is InChI=1S/C14H25N3O2/c1-14(2,3)12(15)13(18)16-9-10(17(4)5)11-7-6-8-19-11/h6-8,10,12H,9,15H2,1-5H3,(H,16,18). The molecule has 1 heterocycles. The number of likely N-dealkylation sites (N-methyl/N-ethyl adjacent to an activating group) is 1. The predicted octanol–water partition coefficient (Wildman–Crippen LogP) is 1.37. The number of carbonyl (C=O) groups excluding carboxylic acids is 1. The zero-order chi connectivity index (χ0) is 14.6. The first-order chi connectivity index (χ1) is 8.73. The van der Waals surface area contributed by atoms with Gasteiger partial charge >= 0.3 is 0 Å². The van der Waals surface area contributed by atoms with Crippen molar-refractivity contribution in [2.24, 2.45) is 11.1 Å². The van der Waals surface area contributed by atoms with Gasteiger partial charge < -0.3 is 15.5 Å². The number of nitrogens with one attached hydrogen (secondary N) is 1. The lowest BCUT2D eigenvalue weighted by Crippen LogP contribution is -2.50. The van der Waals surface area contributed by atoms with Crippen LogP contribution in [0.25, 0.3) is 0 Å². The molecule has 1 aromatic heterocycles. The summed E-state index contributed by atoms with van der Waals surface area (Å²) in [5.74, 6) is 0.695. The number of rotatable bonds is 5. The molecule has 2 unspecified atom stereocenters. The first-order valence-corrected chi connectivity index (χ1v) is 6.46. The highest BCUT2D eigenvalue weighted by molar-refractivity contribution is 5.82. The van der Waals surface area contributed by atoms with E-state index in [4.69, 9.17) is 10.2 Å². The minimum Gasteiger partial charge on any atom is -0.468 e. The van der Waals surface area contributed by atoms with Crippen LogP contribution in [0.3, 0.4) is 0 Å². The van der Waals surface area contributed by atoms with Crippen LogP contribution < -0.4 is 11.1 Å². The van der Waals surface area contributed by atoms with Crippen LogP contribution in [-0.2, 0) is 4.79 Å². The molecule has 1 aromatic rings. The van der Waals surface area contributed by atoms with Crippen LogP contribution in [0.15, 0.2) is 22.8 Å². The summed E-state index contributed by atoms with van der Waals surface area (Å²) in [6, 6.07) is 3.23. The summed E-state index contributed by atoms with van der Waals surface area (Å²) in [6.07, 6.45) is 1.63. The topological polar surface area (TPSA) is 71.5 Å². The number of carbonyl (C=O) groups is 1. The van der Waals surface area contributed by atoms with E-state index in [1.807, 2.05) is 51.9 Å². The second-order valence-electron chi connectivity index (χ2n) is 6.08. The lowest BCUT2D eigenvalue weighted by Gasteiger charge is -2.28. The highest BCUT2D eigenvalue weighted by Crippen LogP contribution is 2.19. The summed E-state index contributed by atoms with van der Waals surface area (Å²) < 4.78 is 5.39. The Morgan fingerprint density at radius 2 is 2.11 bits per heavy atom. The molecule has 0 spiro atoms. The Labute approximate surface area is 115 Å². The summed E-state index contributed by atoms with van der Waals surface area (Å²) in [5, 5.41) is 2.89. The van der Waals surface area contributed by atoms with Crippen LogP contribution in [-0.4, -0.2) is 37.5 Å². The summed E-state index contributed by atoms with van der Waals surface area (Å²) in [4.78, 5) is 14.0. The molecule has 1 amide bonds. The quantitative estimate of drug-likeness (QED) is 0.845. The third-order valence-electron chi connectivity index (χ3n) is 3.18. The smallest absolute Gasteiger partial charge is 0.237 e. The molecule has 5 nitrogen and oxygen atoms in total. The van der Waals surface area contributed by atoms with Gasteiger partial charge in [0.05, 0.1) is 18.3 Å². The summed E-state index contributed by atoms with van der Waals surface area (Å²) in [7, 11) is 3.89. The average Bonchev–Trinajstić information content (AvgIpc) is 2.79. The minimum absolute atomic E-state index is 0.00567. The van der Waals surface area contributed by atoms with Crippen LogP contribution >= 0.6 is 0 Å². The van der Waals surface area contributed by atoms with Crippen LogP contribution in [0, 0.1) is 5.41 Å². The van der Waals surface area contributed by atoms with E-state index in [2.05, 4.69) is 5.32 Å². The number of hydrogen-bond acceptors (Lipinski definition) is 4. The fraction of sp³-hybridized carbons (Fsp3) is 0.643. The Bertz CT molecular complexity index is 393. The van der Waals surface area contributed by atoms with Crippen molar-refractivity contribution in [3.8, 4) is 0 Å². The molecule has 1 rings (SSSR count). The predicted molar refractivity (Wildman–Crippen MR) is 75.6 cm³/mol. The van der Waals surface area contributed by atoms with Crippen LogP contribution in [0.2, 0.25) is 0 Å². The van der Waals surface area contributed by atoms with Crippen molar-refractivity contribution in [1.29, 1.82) is 0 Å². The summed E-state index contributed by atoms with van der Waals surface area (Å²) in [5.41, 5.74) is 5.68. The van der Waals surface area contributed by atoms with Crippen molar-refractivity contribution in [2.45, 2.75) is 32.9 Å². The number of furan rings is 1.